The van der Waals surface area contributed by atoms with Gasteiger partial charge >= 0.3 is 5.97 Å². The summed E-state index contributed by atoms with van der Waals surface area (Å²) in [5.74, 6) is -0.529. The van der Waals surface area contributed by atoms with E-state index in [-0.39, 0.29) is 17.3 Å². The van der Waals surface area contributed by atoms with E-state index in [0.29, 0.717) is 5.56 Å². The lowest BCUT2D eigenvalue weighted by Gasteiger charge is -2.42. The Balaban J connectivity index is 2.45. The van der Waals surface area contributed by atoms with E-state index in [1.165, 1.54) is 18.2 Å². The number of esters is 1. The third-order valence-electron chi connectivity index (χ3n) is 5.53. The number of methoxy groups -OCH3 is 1. The second kappa shape index (κ2) is 6.49. The molecule has 2 rings (SSSR count). The molecule has 0 radical (unpaired) electrons. The second-order valence-electron chi connectivity index (χ2n) is 8.31. The predicted molar refractivity (Wildman–Crippen MR) is 94.1 cm³/mol. The van der Waals surface area contributed by atoms with Crippen LogP contribution in [0.1, 0.15) is 75.3 Å². The van der Waals surface area contributed by atoms with Gasteiger partial charge in [-0.05, 0) is 52.8 Å². The van der Waals surface area contributed by atoms with Crippen LogP contribution < -0.4 is 0 Å². The Morgan fingerprint density at radius 2 is 1.62 bits per heavy atom. The molecule has 0 fully saturated rings. The fourth-order valence-electron chi connectivity index (χ4n) is 3.63. The summed E-state index contributed by atoms with van der Waals surface area (Å²) < 4.78 is 4.58. The zero-order chi connectivity index (χ0) is 18.3. The standard InChI is InChI=1S/C20H30O4/c1-12-9-14-15(20(4,5)8-7-19(14,2)3)10-13(12)18(23)16(21)11-17(22)24-6/h9-10,16,18,21,23H,7-8,11H2,1-6H3. The highest BCUT2D eigenvalue weighted by molar-refractivity contribution is 5.69. The summed E-state index contributed by atoms with van der Waals surface area (Å²) in [7, 11) is 1.27. The molecule has 1 aliphatic rings. The smallest absolute Gasteiger partial charge is 0.308 e. The number of hydrogen-bond acceptors (Lipinski definition) is 4. The number of aryl methyl sites for hydroxylation is 1. The van der Waals surface area contributed by atoms with E-state index >= 15 is 0 Å². The Hall–Kier alpha value is -1.39. The molecule has 0 aliphatic heterocycles. The first kappa shape index (κ1) is 18.9. The van der Waals surface area contributed by atoms with Crippen LogP contribution in [0, 0.1) is 6.92 Å². The van der Waals surface area contributed by atoms with Crippen molar-refractivity contribution >= 4 is 5.97 Å². The number of hydrogen-bond donors (Lipinski definition) is 2. The third kappa shape index (κ3) is 3.50. The Morgan fingerprint density at radius 3 is 2.12 bits per heavy atom. The van der Waals surface area contributed by atoms with Crippen molar-refractivity contribution in [1.29, 1.82) is 0 Å². The van der Waals surface area contributed by atoms with E-state index in [1.54, 1.807) is 0 Å². The van der Waals surface area contributed by atoms with E-state index in [2.05, 4.69) is 38.5 Å². The monoisotopic (exact) mass is 334 g/mol. The Morgan fingerprint density at radius 1 is 1.12 bits per heavy atom. The van der Waals surface area contributed by atoms with Gasteiger partial charge in [0, 0.05) is 0 Å². The van der Waals surface area contributed by atoms with Gasteiger partial charge in [0.25, 0.3) is 0 Å². The average molecular weight is 334 g/mol. The van der Waals surface area contributed by atoms with Gasteiger partial charge in [0.05, 0.1) is 19.6 Å². The van der Waals surface area contributed by atoms with Gasteiger partial charge < -0.3 is 14.9 Å². The fraction of sp³-hybridized carbons (Fsp3) is 0.650. The molecule has 2 atom stereocenters. The number of carbonyl (C=O) groups is 1. The van der Waals surface area contributed by atoms with Crippen LogP contribution in [0.25, 0.3) is 0 Å². The molecule has 134 valence electrons. The molecule has 0 saturated carbocycles. The molecule has 1 aliphatic carbocycles. The highest BCUT2D eigenvalue weighted by Gasteiger charge is 2.38. The van der Waals surface area contributed by atoms with Crippen LogP contribution in [0.15, 0.2) is 12.1 Å². The first-order valence-electron chi connectivity index (χ1n) is 8.58. The SMILES string of the molecule is COC(=O)CC(O)C(O)c1cc2c(cc1C)C(C)(C)CCC2(C)C. The zero-order valence-electron chi connectivity index (χ0n) is 15.6. The van der Waals surface area contributed by atoms with Gasteiger partial charge in [-0.25, -0.2) is 0 Å². The summed E-state index contributed by atoms with van der Waals surface area (Å²) in [6.45, 7) is 10.9. The van der Waals surface area contributed by atoms with Crippen molar-refractivity contribution in [3.63, 3.8) is 0 Å². The highest BCUT2D eigenvalue weighted by atomic mass is 16.5. The number of carbonyl (C=O) groups excluding carboxylic acids is 1. The van der Waals surface area contributed by atoms with Crippen molar-refractivity contribution in [3.05, 3.63) is 34.4 Å². The van der Waals surface area contributed by atoms with Crippen LogP contribution in [-0.2, 0) is 20.4 Å². The summed E-state index contributed by atoms with van der Waals surface area (Å²) in [6, 6.07) is 4.16. The minimum Gasteiger partial charge on any atom is -0.469 e. The van der Waals surface area contributed by atoms with Gasteiger partial charge in [0.15, 0.2) is 0 Å². The van der Waals surface area contributed by atoms with E-state index in [1.807, 2.05) is 13.0 Å². The van der Waals surface area contributed by atoms with Crippen molar-refractivity contribution in [1.82, 2.24) is 0 Å². The van der Waals surface area contributed by atoms with E-state index in [0.717, 1.165) is 18.4 Å². The van der Waals surface area contributed by atoms with E-state index in [9.17, 15) is 15.0 Å². The third-order valence-corrected chi connectivity index (χ3v) is 5.53. The molecule has 0 saturated heterocycles. The second-order valence-corrected chi connectivity index (χ2v) is 8.31. The fourth-order valence-corrected chi connectivity index (χ4v) is 3.63. The lowest BCUT2D eigenvalue weighted by atomic mass is 9.62. The van der Waals surface area contributed by atoms with Crippen LogP contribution in [-0.4, -0.2) is 29.4 Å². The molecular weight excluding hydrogens is 304 g/mol. The van der Waals surface area contributed by atoms with Crippen molar-refractivity contribution in [2.75, 3.05) is 7.11 Å². The lowest BCUT2D eigenvalue weighted by molar-refractivity contribution is -0.144. The largest absolute Gasteiger partial charge is 0.469 e. The Labute approximate surface area is 144 Å². The minimum absolute atomic E-state index is 0.0281. The molecule has 4 nitrogen and oxygen atoms in total. The van der Waals surface area contributed by atoms with Crippen LogP contribution in [0.5, 0.6) is 0 Å². The molecule has 24 heavy (non-hydrogen) atoms. The first-order chi connectivity index (χ1) is 11.0. The number of rotatable bonds is 4. The van der Waals surface area contributed by atoms with Gasteiger partial charge in [-0.15, -0.1) is 0 Å². The molecule has 0 spiro atoms. The summed E-state index contributed by atoms with van der Waals surface area (Å²) in [5, 5.41) is 20.7. The summed E-state index contributed by atoms with van der Waals surface area (Å²) in [5.41, 5.74) is 4.30. The molecule has 0 heterocycles. The minimum atomic E-state index is -1.17. The molecule has 1 aromatic carbocycles. The number of fused-ring (bicyclic) bond motifs is 1. The molecule has 0 aromatic heterocycles. The van der Waals surface area contributed by atoms with Gasteiger partial charge in [0.1, 0.15) is 6.10 Å². The van der Waals surface area contributed by atoms with Crippen LogP contribution in [0.3, 0.4) is 0 Å². The molecule has 0 amide bonds. The molecule has 2 unspecified atom stereocenters. The van der Waals surface area contributed by atoms with Crippen LogP contribution in [0.4, 0.5) is 0 Å². The average Bonchev–Trinajstić information content (AvgIpc) is 2.50. The number of aliphatic hydroxyl groups is 2. The van der Waals surface area contributed by atoms with Crippen molar-refractivity contribution in [3.8, 4) is 0 Å². The topological polar surface area (TPSA) is 66.8 Å². The van der Waals surface area contributed by atoms with Gasteiger partial charge in [-0.1, -0.05) is 39.8 Å². The highest BCUT2D eigenvalue weighted by Crippen LogP contribution is 2.47. The van der Waals surface area contributed by atoms with Crippen LogP contribution in [0.2, 0.25) is 0 Å². The van der Waals surface area contributed by atoms with Crippen LogP contribution >= 0.6 is 0 Å². The molecule has 4 heteroatoms. The van der Waals surface area contributed by atoms with Gasteiger partial charge in [-0.3, -0.25) is 4.79 Å². The maximum atomic E-state index is 11.4. The van der Waals surface area contributed by atoms with Gasteiger partial charge in [0.2, 0.25) is 0 Å². The van der Waals surface area contributed by atoms with Gasteiger partial charge in [-0.2, -0.15) is 0 Å². The molecular formula is C20H30O4. The van der Waals surface area contributed by atoms with Crippen molar-refractivity contribution in [2.24, 2.45) is 0 Å². The summed E-state index contributed by atoms with van der Waals surface area (Å²) in [4.78, 5) is 11.4. The molecule has 2 N–H and O–H groups in total. The zero-order valence-corrected chi connectivity index (χ0v) is 15.6. The lowest BCUT2D eigenvalue weighted by Crippen LogP contribution is -2.34. The number of aliphatic hydroxyl groups excluding tert-OH is 2. The van der Waals surface area contributed by atoms with Crippen molar-refractivity contribution in [2.45, 2.75) is 76.9 Å². The Kier molecular flexibility index (Phi) is 5.12. The molecule has 1 aromatic rings. The van der Waals surface area contributed by atoms with E-state index < -0.39 is 18.2 Å². The maximum Gasteiger partial charge on any atom is 0.308 e. The number of benzene rings is 1. The normalized spacial score (nSPS) is 20.8. The summed E-state index contributed by atoms with van der Waals surface area (Å²) >= 11 is 0. The predicted octanol–water partition coefficient (Wildman–Crippen LogP) is 3.30. The molecule has 0 bridgehead atoms. The van der Waals surface area contributed by atoms with Crippen molar-refractivity contribution < 1.29 is 19.7 Å². The first-order valence-corrected chi connectivity index (χ1v) is 8.58. The Bertz CT molecular complexity index is 631. The maximum absolute atomic E-state index is 11.4. The quantitative estimate of drug-likeness (QED) is 0.829. The van der Waals surface area contributed by atoms with E-state index in [4.69, 9.17) is 0 Å². The number of ether oxygens (including phenoxy) is 1. The summed E-state index contributed by atoms with van der Waals surface area (Å²) in [6.07, 6.45) is -0.289.